The number of nitriles is 1. The molecular weight excluding hydrogens is 330 g/mol. The van der Waals surface area contributed by atoms with Gasteiger partial charge in [-0.1, -0.05) is 42.5 Å². The molecule has 2 aromatic carbocycles. The van der Waals surface area contributed by atoms with Crippen molar-refractivity contribution in [1.82, 2.24) is 5.32 Å². The number of aryl methyl sites for hydroxylation is 1. The number of aliphatic hydroxyl groups is 1. The third-order valence-electron chi connectivity index (χ3n) is 3.93. The van der Waals surface area contributed by atoms with Gasteiger partial charge in [0.05, 0.1) is 16.9 Å². The van der Waals surface area contributed by atoms with Gasteiger partial charge >= 0.3 is 11.8 Å². The molecule has 134 valence electrons. The van der Waals surface area contributed by atoms with E-state index in [0.717, 1.165) is 5.56 Å². The van der Waals surface area contributed by atoms with Gasteiger partial charge in [0.25, 0.3) is 0 Å². The monoisotopic (exact) mass is 351 g/mol. The molecule has 0 bridgehead atoms. The van der Waals surface area contributed by atoms with Crippen LogP contribution in [0.25, 0.3) is 0 Å². The van der Waals surface area contributed by atoms with Crippen molar-refractivity contribution in [3.8, 4) is 6.07 Å². The molecule has 3 N–H and O–H groups in total. The Labute approximate surface area is 152 Å². The molecule has 1 atom stereocenters. The van der Waals surface area contributed by atoms with E-state index < -0.39 is 17.4 Å². The van der Waals surface area contributed by atoms with Crippen LogP contribution in [-0.2, 0) is 16.0 Å². The highest BCUT2D eigenvalue weighted by atomic mass is 16.3. The van der Waals surface area contributed by atoms with Crippen LogP contribution in [0.5, 0.6) is 0 Å². The zero-order valence-corrected chi connectivity index (χ0v) is 14.5. The second-order valence-corrected chi connectivity index (χ2v) is 6.28. The van der Waals surface area contributed by atoms with E-state index in [2.05, 4.69) is 10.6 Å². The van der Waals surface area contributed by atoms with Gasteiger partial charge in [0.1, 0.15) is 6.07 Å². The summed E-state index contributed by atoms with van der Waals surface area (Å²) in [5.41, 5.74) is 0.482. The Hall–Kier alpha value is -3.17. The maximum atomic E-state index is 12.0. The minimum Gasteiger partial charge on any atom is -0.388 e. The summed E-state index contributed by atoms with van der Waals surface area (Å²) in [6.45, 7) is 1.56. The number of anilines is 1. The number of nitrogens with zero attached hydrogens (tertiary/aromatic N) is 1. The number of carbonyl (C=O) groups is 2. The van der Waals surface area contributed by atoms with Crippen molar-refractivity contribution in [2.24, 2.45) is 0 Å². The molecule has 1 unspecified atom stereocenters. The zero-order valence-electron chi connectivity index (χ0n) is 14.5. The van der Waals surface area contributed by atoms with Crippen LogP contribution < -0.4 is 10.6 Å². The first-order chi connectivity index (χ1) is 12.4. The van der Waals surface area contributed by atoms with Crippen molar-refractivity contribution in [3.05, 3.63) is 65.7 Å². The van der Waals surface area contributed by atoms with Crippen molar-refractivity contribution in [1.29, 1.82) is 5.26 Å². The molecule has 0 saturated heterocycles. The number of carbonyl (C=O) groups excluding carboxylic acids is 2. The van der Waals surface area contributed by atoms with Gasteiger partial charge in [0.15, 0.2) is 0 Å². The maximum absolute atomic E-state index is 12.0. The Bertz CT molecular complexity index is 811. The molecule has 2 amide bonds. The summed E-state index contributed by atoms with van der Waals surface area (Å²) >= 11 is 0. The first-order valence-corrected chi connectivity index (χ1v) is 8.26. The topological polar surface area (TPSA) is 102 Å². The number of amides is 2. The van der Waals surface area contributed by atoms with Crippen molar-refractivity contribution < 1.29 is 14.7 Å². The average Bonchev–Trinajstić information content (AvgIpc) is 2.66. The third kappa shape index (κ3) is 5.72. The predicted molar refractivity (Wildman–Crippen MR) is 98.2 cm³/mol. The highest BCUT2D eigenvalue weighted by molar-refractivity contribution is 6.39. The van der Waals surface area contributed by atoms with Gasteiger partial charge in [-0.2, -0.15) is 5.26 Å². The molecule has 6 heteroatoms. The highest BCUT2D eigenvalue weighted by Gasteiger charge is 2.23. The molecule has 0 heterocycles. The quantitative estimate of drug-likeness (QED) is 0.693. The molecule has 0 aliphatic heterocycles. The van der Waals surface area contributed by atoms with Crippen molar-refractivity contribution >= 4 is 17.5 Å². The van der Waals surface area contributed by atoms with E-state index in [1.807, 2.05) is 36.4 Å². The Morgan fingerprint density at radius 2 is 1.73 bits per heavy atom. The number of hydrogen-bond acceptors (Lipinski definition) is 4. The molecule has 0 aliphatic rings. The largest absolute Gasteiger partial charge is 0.388 e. The summed E-state index contributed by atoms with van der Waals surface area (Å²) in [7, 11) is 0. The lowest BCUT2D eigenvalue weighted by molar-refractivity contribution is -0.136. The first-order valence-electron chi connectivity index (χ1n) is 8.26. The Morgan fingerprint density at radius 1 is 1.08 bits per heavy atom. The summed E-state index contributed by atoms with van der Waals surface area (Å²) in [6.07, 6.45) is 1.10. The number of benzene rings is 2. The number of nitrogens with one attached hydrogen (secondary N) is 2. The van der Waals surface area contributed by atoms with E-state index in [1.165, 1.54) is 0 Å². The second kappa shape index (κ2) is 8.79. The van der Waals surface area contributed by atoms with Gasteiger partial charge in [0.2, 0.25) is 0 Å². The van der Waals surface area contributed by atoms with Crippen LogP contribution in [0.4, 0.5) is 5.69 Å². The zero-order chi connectivity index (χ0) is 19.0. The van der Waals surface area contributed by atoms with E-state index in [1.54, 1.807) is 31.2 Å². The fraction of sp³-hybridized carbons (Fsp3) is 0.250. The van der Waals surface area contributed by atoms with Gasteiger partial charge in [-0.05, 0) is 37.5 Å². The predicted octanol–water partition coefficient (Wildman–Crippen LogP) is 2.00. The normalized spacial score (nSPS) is 12.5. The van der Waals surface area contributed by atoms with Crippen molar-refractivity contribution in [2.75, 3.05) is 11.9 Å². The fourth-order valence-electron chi connectivity index (χ4n) is 2.37. The van der Waals surface area contributed by atoms with E-state index in [4.69, 9.17) is 5.26 Å². The second-order valence-electron chi connectivity index (χ2n) is 6.28. The van der Waals surface area contributed by atoms with Gasteiger partial charge in [-0.25, -0.2) is 0 Å². The molecule has 0 saturated carbocycles. The van der Waals surface area contributed by atoms with Crippen LogP contribution >= 0.6 is 0 Å². The standard InChI is InChI=1S/C20H21N3O3/c1-20(26,12-11-15-7-3-2-4-8-15)14-22-18(24)19(25)23-17-10-6-5-9-16(17)13-21/h2-10,26H,11-12,14H2,1H3,(H,22,24)(H,23,25). The lowest BCUT2D eigenvalue weighted by Crippen LogP contribution is -2.44. The lowest BCUT2D eigenvalue weighted by atomic mass is 9.97. The molecule has 2 aromatic rings. The van der Waals surface area contributed by atoms with E-state index in [9.17, 15) is 14.7 Å². The maximum Gasteiger partial charge on any atom is 0.313 e. The van der Waals surface area contributed by atoms with Crippen LogP contribution in [0.15, 0.2) is 54.6 Å². The van der Waals surface area contributed by atoms with E-state index >= 15 is 0 Å². The number of rotatable bonds is 6. The minimum absolute atomic E-state index is 0.0496. The smallest absolute Gasteiger partial charge is 0.313 e. The van der Waals surface area contributed by atoms with Crippen LogP contribution in [0.1, 0.15) is 24.5 Å². The highest BCUT2D eigenvalue weighted by Crippen LogP contribution is 2.14. The van der Waals surface area contributed by atoms with Crippen LogP contribution in [0, 0.1) is 11.3 Å². The fourth-order valence-corrected chi connectivity index (χ4v) is 2.37. The Morgan fingerprint density at radius 3 is 2.42 bits per heavy atom. The molecule has 0 aromatic heterocycles. The summed E-state index contributed by atoms with van der Waals surface area (Å²) in [5, 5.41) is 24.2. The number of hydrogen-bond donors (Lipinski definition) is 3. The summed E-state index contributed by atoms with van der Waals surface area (Å²) in [6, 6.07) is 18.1. The SMILES string of the molecule is CC(O)(CCc1ccccc1)CNC(=O)C(=O)Nc1ccccc1C#N. The van der Waals surface area contributed by atoms with Gasteiger partial charge in [0, 0.05) is 6.54 Å². The minimum atomic E-state index is -1.14. The van der Waals surface area contributed by atoms with Crippen LogP contribution in [0.2, 0.25) is 0 Å². The van der Waals surface area contributed by atoms with Gasteiger partial charge in [-0.15, -0.1) is 0 Å². The first kappa shape index (κ1) is 19.2. The molecule has 0 fully saturated rings. The van der Waals surface area contributed by atoms with Crippen molar-refractivity contribution in [2.45, 2.75) is 25.4 Å². The van der Waals surface area contributed by atoms with Crippen molar-refractivity contribution in [3.63, 3.8) is 0 Å². The molecule has 0 radical (unpaired) electrons. The summed E-state index contributed by atoms with van der Waals surface area (Å²) in [5.74, 6) is -1.75. The molecule has 6 nitrogen and oxygen atoms in total. The van der Waals surface area contributed by atoms with Crippen LogP contribution in [0.3, 0.4) is 0 Å². The molecule has 26 heavy (non-hydrogen) atoms. The molecular formula is C20H21N3O3. The average molecular weight is 351 g/mol. The van der Waals surface area contributed by atoms with Crippen LogP contribution in [-0.4, -0.2) is 29.1 Å². The van der Waals surface area contributed by atoms with E-state index in [-0.39, 0.29) is 17.8 Å². The third-order valence-corrected chi connectivity index (χ3v) is 3.93. The Kier molecular flexibility index (Phi) is 6.48. The summed E-state index contributed by atoms with van der Waals surface area (Å²) < 4.78 is 0. The Balaban J connectivity index is 1.84. The molecule has 0 spiro atoms. The summed E-state index contributed by atoms with van der Waals surface area (Å²) in [4.78, 5) is 23.9. The lowest BCUT2D eigenvalue weighted by Gasteiger charge is -2.23. The van der Waals surface area contributed by atoms with E-state index in [0.29, 0.717) is 12.8 Å². The number of para-hydroxylation sites is 1. The van der Waals surface area contributed by atoms with Gasteiger partial charge in [-0.3, -0.25) is 9.59 Å². The van der Waals surface area contributed by atoms with Gasteiger partial charge < -0.3 is 15.7 Å². The molecule has 2 rings (SSSR count). The molecule has 0 aliphatic carbocycles.